The lowest BCUT2D eigenvalue weighted by atomic mass is 10.3. The maximum absolute atomic E-state index is 11.6. The molecule has 20 heavy (non-hydrogen) atoms. The summed E-state index contributed by atoms with van der Waals surface area (Å²) in [7, 11) is 0. The predicted octanol–water partition coefficient (Wildman–Crippen LogP) is 2.99. The van der Waals surface area contributed by atoms with E-state index in [4.69, 9.17) is 4.74 Å². The number of ether oxygens (including phenoxy) is 1. The SMILES string of the molecule is CCOC(=O)CCNC(=O)Nc1cc(Br)c(O)c(Br)c1. The molecule has 0 heterocycles. The van der Waals surface area contributed by atoms with Gasteiger partial charge in [-0.2, -0.15) is 0 Å². The number of hydrogen-bond donors (Lipinski definition) is 3. The van der Waals surface area contributed by atoms with E-state index in [0.29, 0.717) is 21.2 Å². The first kappa shape index (κ1) is 16.8. The van der Waals surface area contributed by atoms with Gasteiger partial charge in [0.05, 0.1) is 22.0 Å². The molecule has 0 saturated heterocycles. The van der Waals surface area contributed by atoms with Gasteiger partial charge < -0.3 is 20.5 Å². The van der Waals surface area contributed by atoms with E-state index in [9.17, 15) is 14.7 Å². The Labute approximate surface area is 133 Å². The number of rotatable bonds is 5. The number of carbonyl (C=O) groups is 2. The van der Waals surface area contributed by atoms with Crippen LogP contribution >= 0.6 is 31.9 Å². The molecule has 0 aromatic heterocycles. The number of anilines is 1. The average Bonchev–Trinajstić information content (AvgIpc) is 2.36. The van der Waals surface area contributed by atoms with Crippen molar-refractivity contribution in [2.75, 3.05) is 18.5 Å². The molecule has 1 rings (SSSR count). The molecule has 0 aliphatic rings. The number of phenolic OH excluding ortho intramolecular Hbond substituents is 1. The fourth-order valence-electron chi connectivity index (χ4n) is 1.32. The van der Waals surface area contributed by atoms with Gasteiger partial charge in [-0.3, -0.25) is 4.79 Å². The molecule has 1 aromatic carbocycles. The van der Waals surface area contributed by atoms with Crippen LogP contribution in [-0.2, 0) is 9.53 Å². The Morgan fingerprint density at radius 2 is 1.90 bits per heavy atom. The van der Waals surface area contributed by atoms with Crippen molar-refractivity contribution in [3.8, 4) is 5.75 Å². The summed E-state index contributed by atoms with van der Waals surface area (Å²) in [6, 6.07) is 2.68. The number of nitrogens with one attached hydrogen (secondary N) is 2. The maximum atomic E-state index is 11.6. The molecule has 0 spiro atoms. The molecule has 3 N–H and O–H groups in total. The van der Waals surface area contributed by atoms with Crippen molar-refractivity contribution < 1.29 is 19.4 Å². The fourth-order valence-corrected chi connectivity index (χ4v) is 2.51. The van der Waals surface area contributed by atoms with Crippen LogP contribution in [-0.4, -0.2) is 30.3 Å². The number of urea groups is 1. The van der Waals surface area contributed by atoms with Crippen LogP contribution in [0.2, 0.25) is 0 Å². The number of amides is 2. The Balaban J connectivity index is 2.45. The lowest BCUT2D eigenvalue weighted by molar-refractivity contribution is -0.142. The molecule has 0 radical (unpaired) electrons. The van der Waals surface area contributed by atoms with Crippen molar-refractivity contribution >= 4 is 49.5 Å². The number of esters is 1. The van der Waals surface area contributed by atoms with Crippen molar-refractivity contribution in [2.24, 2.45) is 0 Å². The van der Waals surface area contributed by atoms with Crippen molar-refractivity contribution in [1.29, 1.82) is 0 Å². The van der Waals surface area contributed by atoms with Gasteiger partial charge in [0.25, 0.3) is 0 Å². The van der Waals surface area contributed by atoms with E-state index >= 15 is 0 Å². The second-order valence-electron chi connectivity index (χ2n) is 3.72. The minimum atomic E-state index is -0.446. The van der Waals surface area contributed by atoms with E-state index in [-0.39, 0.29) is 24.7 Å². The number of phenols is 1. The first-order valence-corrected chi connectivity index (χ1v) is 7.41. The van der Waals surface area contributed by atoms with Crippen LogP contribution in [0.3, 0.4) is 0 Å². The largest absolute Gasteiger partial charge is 0.506 e. The third kappa shape index (κ3) is 5.38. The molecule has 0 fully saturated rings. The molecule has 8 heteroatoms. The average molecular weight is 410 g/mol. The van der Waals surface area contributed by atoms with Crippen LogP contribution < -0.4 is 10.6 Å². The summed E-state index contributed by atoms with van der Waals surface area (Å²) in [5, 5.41) is 14.7. The van der Waals surface area contributed by atoms with Crippen molar-refractivity contribution in [1.82, 2.24) is 5.32 Å². The van der Waals surface area contributed by atoms with Crippen molar-refractivity contribution in [3.63, 3.8) is 0 Å². The third-order valence-corrected chi connectivity index (χ3v) is 3.40. The molecule has 0 aliphatic carbocycles. The van der Waals surface area contributed by atoms with E-state index in [2.05, 4.69) is 42.5 Å². The number of benzene rings is 1. The van der Waals surface area contributed by atoms with Crippen LogP contribution in [0, 0.1) is 0 Å². The van der Waals surface area contributed by atoms with E-state index in [1.807, 2.05) is 0 Å². The standard InChI is InChI=1S/C12H14Br2N2O4/c1-2-20-10(17)3-4-15-12(19)16-7-5-8(13)11(18)9(14)6-7/h5-6,18H,2-4H2,1H3,(H2,15,16,19). The minimum absolute atomic E-state index is 0.0540. The lowest BCUT2D eigenvalue weighted by Gasteiger charge is -2.09. The summed E-state index contributed by atoms with van der Waals surface area (Å²) in [6.07, 6.45) is 0.115. The summed E-state index contributed by atoms with van der Waals surface area (Å²) < 4.78 is 5.64. The molecule has 1 aromatic rings. The van der Waals surface area contributed by atoms with E-state index < -0.39 is 6.03 Å². The second kappa shape index (κ2) is 8.11. The summed E-state index contributed by atoms with van der Waals surface area (Å²) in [4.78, 5) is 22.7. The molecule has 0 atom stereocenters. The zero-order valence-corrected chi connectivity index (χ0v) is 13.9. The lowest BCUT2D eigenvalue weighted by Crippen LogP contribution is -2.30. The first-order valence-electron chi connectivity index (χ1n) is 5.82. The Morgan fingerprint density at radius 1 is 1.30 bits per heavy atom. The normalized spacial score (nSPS) is 9.95. The number of aromatic hydroxyl groups is 1. The highest BCUT2D eigenvalue weighted by atomic mass is 79.9. The van der Waals surface area contributed by atoms with Crippen LogP contribution in [0.4, 0.5) is 10.5 Å². The molecule has 0 aliphatic heterocycles. The maximum Gasteiger partial charge on any atom is 0.319 e. The van der Waals surface area contributed by atoms with E-state index in [0.717, 1.165) is 0 Å². The van der Waals surface area contributed by atoms with E-state index in [1.165, 1.54) is 0 Å². The van der Waals surface area contributed by atoms with Gasteiger partial charge in [0.1, 0.15) is 5.75 Å². The Hall–Kier alpha value is -1.28. The number of halogens is 2. The van der Waals surface area contributed by atoms with Crippen molar-refractivity contribution in [2.45, 2.75) is 13.3 Å². The smallest absolute Gasteiger partial charge is 0.319 e. The molecule has 2 amide bonds. The highest BCUT2D eigenvalue weighted by Crippen LogP contribution is 2.35. The van der Waals surface area contributed by atoms with Gasteiger partial charge in [0.15, 0.2) is 0 Å². The van der Waals surface area contributed by atoms with Gasteiger partial charge in [-0.05, 0) is 50.9 Å². The van der Waals surface area contributed by atoms with Crippen molar-refractivity contribution in [3.05, 3.63) is 21.1 Å². The van der Waals surface area contributed by atoms with Crippen LogP contribution in [0.15, 0.2) is 21.1 Å². The summed E-state index contributed by atoms with van der Waals surface area (Å²) >= 11 is 6.33. The summed E-state index contributed by atoms with van der Waals surface area (Å²) in [6.45, 7) is 2.23. The molecule has 110 valence electrons. The quantitative estimate of drug-likeness (QED) is 0.515. The van der Waals surface area contributed by atoms with E-state index in [1.54, 1.807) is 19.1 Å². The fraction of sp³-hybridized carbons (Fsp3) is 0.333. The second-order valence-corrected chi connectivity index (χ2v) is 5.43. The van der Waals surface area contributed by atoms with Gasteiger partial charge in [0.2, 0.25) is 0 Å². The van der Waals surface area contributed by atoms with Gasteiger partial charge in [0, 0.05) is 12.2 Å². The molecule has 0 bridgehead atoms. The summed E-state index contributed by atoms with van der Waals surface area (Å²) in [5.41, 5.74) is 0.496. The molecule has 0 unspecified atom stereocenters. The monoisotopic (exact) mass is 408 g/mol. The zero-order valence-electron chi connectivity index (χ0n) is 10.7. The minimum Gasteiger partial charge on any atom is -0.506 e. The van der Waals surface area contributed by atoms with Gasteiger partial charge in [-0.25, -0.2) is 4.79 Å². The highest BCUT2D eigenvalue weighted by Gasteiger charge is 2.09. The summed E-state index contributed by atoms with van der Waals surface area (Å²) in [5.74, 6) is -0.304. The predicted molar refractivity (Wildman–Crippen MR) is 81.8 cm³/mol. The third-order valence-electron chi connectivity index (χ3n) is 2.19. The molecular weight excluding hydrogens is 396 g/mol. The number of carbonyl (C=O) groups excluding carboxylic acids is 2. The highest BCUT2D eigenvalue weighted by molar-refractivity contribution is 9.11. The van der Waals surface area contributed by atoms with Crippen LogP contribution in [0.25, 0.3) is 0 Å². The zero-order chi connectivity index (χ0) is 15.1. The Kier molecular flexibility index (Phi) is 6.80. The van der Waals surface area contributed by atoms with Crippen LogP contribution in [0.1, 0.15) is 13.3 Å². The van der Waals surface area contributed by atoms with Gasteiger partial charge in [-0.15, -0.1) is 0 Å². The molecule has 6 nitrogen and oxygen atoms in total. The first-order chi connectivity index (χ1) is 9.43. The number of hydrogen-bond acceptors (Lipinski definition) is 4. The Morgan fingerprint density at radius 3 is 2.45 bits per heavy atom. The molecule has 0 saturated carbocycles. The van der Waals surface area contributed by atoms with Crippen LogP contribution in [0.5, 0.6) is 5.75 Å². The van der Waals surface area contributed by atoms with Gasteiger partial charge >= 0.3 is 12.0 Å². The molecular formula is C12H14Br2N2O4. The van der Waals surface area contributed by atoms with Gasteiger partial charge in [-0.1, -0.05) is 0 Å². The Bertz CT molecular complexity index is 485. The topological polar surface area (TPSA) is 87.7 Å².